The summed E-state index contributed by atoms with van der Waals surface area (Å²) in [4.78, 5) is 35.4. The molecule has 0 rings (SSSR count). The van der Waals surface area contributed by atoms with Crippen LogP contribution in [0.2, 0.25) is 0 Å². The van der Waals surface area contributed by atoms with Gasteiger partial charge in [0.05, 0.1) is 13.2 Å². The Morgan fingerprint density at radius 3 is 1.21 bits per heavy atom. The molecule has 0 atom stereocenters. The van der Waals surface area contributed by atoms with E-state index in [0.717, 1.165) is 10.7 Å². The first-order valence-electron chi connectivity index (χ1n) is 5.77. The summed E-state index contributed by atoms with van der Waals surface area (Å²) in [5, 5.41) is 33.3. The van der Waals surface area contributed by atoms with Crippen LogP contribution in [-0.4, -0.2) is 44.3 Å². The van der Waals surface area contributed by atoms with Gasteiger partial charge in [0.15, 0.2) is 0 Å². The van der Waals surface area contributed by atoms with E-state index in [1.54, 1.807) is 0 Å². The maximum Gasteiger partial charge on any atom is 0.294 e. The number of alkyl halides is 2. The van der Waals surface area contributed by atoms with E-state index >= 15 is 0 Å². The van der Waals surface area contributed by atoms with Crippen molar-refractivity contribution in [3.8, 4) is 0 Å². The van der Waals surface area contributed by atoms with Crippen LogP contribution in [0.25, 0.3) is 0 Å². The zero-order valence-electron chi connectivity index (χ0n) is 11.8. The van der Waals surface area contributed by atoms with Crippen molar-refractivity contribution in [1.82, 2.24) is 0 Å². The smallest absolute Gasteiger partial charge is 0.294 e. The van der Waals surface area contributed by atoms with E-state index in [9.17, 15) is 20.2 Å². The fraction of sp³-hybridized carbons (Fsp3) is 1.00. The normalized spacial score (nSPS) is 7.75. The molecule has 12 nitrogen and oxygen atoms in total. The van der Waals surface area contributed by atoms with E-state index in [2.05, 4.69) is 41.5 Å². The molecule has 151 valence electrons. The summed E-state index contributed by atoms with van der Waals surface area (Å²) in [6.07, 6.45) is 3.28. The van der Waals surface area contributed by atoms with Crippen LogP contribution < -0.4 is 0 Å². The SMILES string of the molecule is BrCCCCBr.C.O=[N+]([O-])O.O=[N+]([O-])OCCCCO[N+](=O)[O-].[Ag]. The second-order valence-corrected chi connectivity index (χ2v) is 4.73. The van der Waals surface area contributed by atoms with Crippen molar-refractivity contribution in [1.29, 1.82) is 0 Å². The van der Waals surface area contributed by atoms with E-state index in [1.807, 2.05) is 0 Å². The molecule has 0 bridgehead atoms. The first kappa shape index (κ1) is 34.6. The summed E-state index contributed by atoms with van der Waals surface area (Å²) >= 11 is 6.66. The molecule has 0 fully saturated rings. The zero-order valence-corrected chi connectivity index (χ0v) is 16.4. The monoisotopic (exact) mass is 580 g/mol. The molecule has 0 amide bonds. The fourth-order valence-corrected chi connectivity index (χ4v) is 1.46. The Kier molecular flexibility index (Phi) is 43.6. The van der Waals surface area contributed by atoms with Gasteiger partial charge < -0.3 is 14.9 Å². The molecule has 0 spiro atoms. The summed E-state index contributed by atoms with van der Waals surface area (Å²) in [6.45, 7) is -0.123. The Morgan fingerprint density at radius 2 is 1.04 bits per heavy atom. The fourth-order valence-electron chi connectivity index (χ4n) is 0.671. The van der Waals surface area contributed by atoms with Gasteiger partial charge in [-0.25, -0.2) is 0 Å². The molecule has 1 N–H and O–H groups in total. The van der Waals surface area contributed by atoms with Crippen molar-refractivity contribution >= 4 is 31.9 Å². The molecule has 0 saturated carbocycles. The minimum absolute atomic E-state index is 0. The molecular weight excluding hydrogens is 562 g/mol. The molecule has 15 heteroatoms. The van der Waals surface area contributed by atoms with Crippen LogP contribution in [0.1, 0.15) is 33.1 Å². The maximum atomic E-state index is 9.58. The van der Waals surface area contributed by atoms with E-state index in [-0.39, 0.29) is 43.0 Å². The van der Waals surface area contributed by atoms with E-state index < -0.39 is 15.3 Å². The number of hydrogen-bond donors (Lipinski definition) is 1. The third kappa shape index (κ3) is 68.7. The number of rotatable bonds is 10. The number of hydrogen-bond acceptors (Lipinski definition) is 8. The van der Waals surface area contributed by atoms with Crippen LogP contribution in [0.4, 0.5) is 0 Å². The Labute approximate surface area is 171 Å². The van der Waals surface area contributed by atoms with Crippen molar-refractivity contribution in [3.63, 3.8) is 0 Å². The summed E-state index contributed by atoms with van der Waals surface area (Å²) in [5.74, 6) is 0. The van der Waals surface area contributed by atoms with Crippen LogP contribution >= 0.6 is 31.9 Å². The van der Waals surface area contributed by atoms with Crippen molar-refractivity contribution in [2.75, 3.05) is 23.9 Å². The Morgan fingerprint density at radius 1 is 0.792 bits per heavy atom. The summed E-state index contributed by atoms with van der Waals surface area (Å²) < 4.78 is 0. The molecule has 0 heterocycles. The molecule has 0 unspecified atom stereocenters. The summed E-state index contributed by atoms with van der Waals surface area (Å²) in [6, 6.07) is 0. The van der Waals surface area contributed by atoms with Gasteiger partial charge in [0.1, 0.15) is 0 Å². The van der Waals surface area contributed by atoms with Gasteiger partial charge in [0.2, 0.25) is 0 Å². The van der Waals surface area contributed by atoms with E-state index in [4.69, 9.17) is 15.3 Å². The van der Waals surface area contributed by atoms with Crippen LogP contribution in [-0.2, 0) is 32.1 Å². The maximum absolute atomic E-state index is 9.58. The summed E-state index contributed by atoms with van der Waals surface area (Å²) in [7, 11) is 0. The summed E-state index contributed by atoms with van der Waals surface area (Å²) in [5.41, 5.74) is 0. The number of nitrogens with zero attached hydrogens (tertiary/aromatic N) is 3. The molecule has 0 saturated heterocycles. The number of halogens is 2. The predicted octanol–water partition coefficient (Wildman–Crippen LogP) is 3.03. The average Bonchev–Trinajstić information content (AvgIpc) is 2.40. The van der Waals surface area contributed by atoms with Gasteiger partial charge in [-0.05, 0) is 25.7 Å². The molecule has 0 aromatic heterocycles. The third-order valence-corrected chi connectivity index (χ3v) is 2.57. The van der Waals surface area contributed by atoms with Crippen LogP contribution in [0.15, 0.2) is 0 Å². The van der Waals surface area contributed by atoms with Gasteiger partial charge in [-0.1, -0.05) is 39.3 Å². The molecule has 24 heavy (non-hydrogen) atoms. The van der Waals surface area contributed by atoms with Gasteiger partial charge in [0, 0.05) is 33.0 Å². The van der Waals surface area contributed by atoms with Crippen LogP contribution in [0.5, 0.6) is 0 Å². The largest absolute Gasteiger partial charge is 0.328 e. The Balaban J connectivity index is -0.0000000851. The number of unbranched alkanes of at least 4 members (excludes halogenated alkanes) is 2. The van der Waals surface area contributed by atoms with Crippen LogP contribution in [0.3, 0.4) is 0 Å². The minimum Gasteiger partial charge on any atom is -0.328 e. The average molecular weight is 583 g/mol. The Hall–Kier alpha value is -0.700. The molecule has 1 radical (unpaired) electrons. The topological polar surface area (TPSA) is 168 Å². The zero-order chi connectivity index (χ0) is 17.8. The second-order valence-electron chi connectivity index (χ2n) is 3.14. The van der Waals surface area contributed by atoms with Crippen molar-refractivity contribution < 1.29 is 52.5 Å². The molecule has 0 aliphatic heterocycles. The first-order valence-corrected chi connectivity index (χ1v) is 8.02. The Bertz CT molecular complexity index is 277. The molecular formula is C9H21AgBr2N3O9. The van der Waals surface area contributed by atoms with Gasteiger partial charge in [-0.2, -0.15) is 0 Å². The molecule has 0 aromatic rings. The van der Waals surface area contributed by atoms with Gasteiger partial charge in [0.25, 0.3) is 15.3 Å². The first-order chi connectivity index (χ1) is 10.3. The van der Waals surface area contributed by atoms with E-state index in [0.29, 0.717) is 12.8 Å². The van der Waals surface area contributed by atoms with Crippen molar-refractivity contribution in [3.05, 3.63) is 30.3 Å². The molecule has 0 aromatic carbocycles. The minimum atomic E-state index is -1.50. The molecule has 0 aliphatic carbocycles. The standard InChI is InChI=1S/C4H8Br2.C4H8N2O6.CH4.Ag.HNO3/c5-3-1-2-4-6;7-5(8)11-3-1-2-4-12-6(9)10;;;2-1(3)4/h1-4H2;1-4H2;1H4;;(H,2,3,4). The van der Waals surface area contributed by atoms with Gasteiger partial charge in [-0.3, -0.25) is 0 Å². The second kappa shape index (κ2) is 30.2. The third-order valence-electron chi connectivity index (χ3n) is 1.45. The predicted molar refractivity (Wildman–Crippen MR) is 87.5 cm³/mol. The quantitative estimate of drug-likeness (QED) is 0.134. The van der Waals surface area contributed by atoms with Crippen LogP contribution in [0, 0.1) is 30.3 Å². The molecule has 0 aliphatic rings. The van der Waals surface area contributed by atoms with Gasteiger partial charge in [-0.15, -0.1) is 30.3 Å². The van der Waals surface area contributed by atoms with Crippen molar-refractivity contribution in [2.45, 2.75) is 33.1 Å². The van der Waals surface area contributed by atoms with Gasteiger partial charge >= 0.3 is 0 Å². The van der Waals surface area contributed by atoms with E-state index in [1.165, 1.54) is 12.8 Å². The van der Waals surface area contributed by atoms with Crippen molar-refractivity contribution in [2.24, 2.45) is 0 Å².